The average Bonchev–Trinajstić information content (AvgIpc) is 3.34. The maximum Gasteiger partial charge on any atom is 0.348 e. The summed E-state index contributed by atoms with van der Waals surface area (Å²) in [4.78, 5) is 25.9. The number of nitrogens with one attached hydrogen (secondary N) is 1. The van der Waals surface area contributed by atoms with Crippen molar-refractivity contribution >= 4 is 50.7 Å². The van der Waals surface area contributed by atoms with Crippen LogP contribution in [0.1, 0.15) is 15.4 Å². The first kappa shape index (κ1) is 20.9. The number of aryl methyl sites for hydroxylation is 1. The first-order valence-electron chi connectivity index (χ1n) is 9.32. The summed E-state index contributed by atoms with van der Waals surface area (Å²) in [6.45, 7) is 1.44. The molecule has 1 amide bonds. The molecule has 2 heterocycles. The number of nitrogens with zero attached hydrogens (tertiary/aromatic N) is 2. The van der Waals surface area contributed by atoms with Crippen molar-refractivity contribution in [2.24, 2.45) is 0 Å². The van der Waals surface area contributed by atoms with Crippen LogP contribution in [0.3, 0.4) is 0 Å². The van der Waals surface area contributed by atoms with Crippen LogP contribution in [0.5, 0.6) is 5.75 Å². The van der Waals surface area contributed by atoms with E-state index in [1.165, 1.54) is 18.4 Å². The summed E-state index contributed by atoms with van der Waals surface area (Å²) in [5.41, 5.74) is 1.99. The zero-order valence-electron chi connectivity index (χ0n) is 16.7. The van der Waals surface area contributed by atoms with E-state index < -0.39 is 18.5 Å². The van der Waals surface area contributed by atoms with Crippen molar-refractivity contribution in [3.05, 3.63) is 70.2 Å². The lowest BCUT2D eigenvalue weighted by Gasteiger charge is -2.09. The van der Waals surface area contributed by atoms with E-state index in [0.717, 1.165) is 21.6 Å². The van der Waals surface area contributed by atoms with Crippen molar-refractivity contribution in [1.29, 1.82) is 0 Å². The van der Waals surface area contributed by atoms with Crippen LogP contribution in [0.25, 0.3) is 15.9 Å². The Kier molecular flexibility index (Phi) is 5.92. The number of esters is 1. The number of fused-ring (bicyclic) bond motifs is 1. The largest absolute Gasteiger partial charge is 0.495 e. The Morgan fingerprint density at radius 1 is 1.16 bits per heavy atom. The zero-order chi connectivity index (χ0) is 22.0. The maximum atomic E-state index is 12.5. The molecular weight excluding hydrogens is 438 g/mol. The Morgan fingerprint density at radius 2 is 1.90 bits per heavy atom. The number of methoxy groups -OCH3 is 1. The number of hydrogen-bond acceptors (Lipinski definition) is 6. The van der Waals surface area contributed by atoms with Crippen molar-refractivity contribution in [3.63, 3.8) is 0 Å². The predicted octanol–water partition coefficient (Wildman–Crippen LogP) is 4.85. The number of benzene rings is 2. The fourth-order valence-corrected chi connectivity index (χ4v) is 4.36. The van der Waals surface area contributed by atoms with Crippen molar-refractivity contribution in [3.8, 4) is 11.4 Å². The van der Waals surface area contributed by atoms with E-state index >= 15 is 0 Å². The van der Waals surface area contributed by atoms with Gasteiger partial charge in [0.2, 0.25) is 0 Å². The molecular formula is C22H18ClN3O4S. The van der Waals surface area contributed by atoms with Crippen LogP contribution in [-0.2, 0) is 9.53 Å². The van der Waals surface area contributed by atoms with Gasteiger partial charge in [0.15, 0.2) is 6.61 Å². The molecule has 0 aliphatic rings. The molecule has 2 aromatic carbocycles. The fourth-order valence-electron chi connectivity index (χ4n) is 3.07. The van der Waals surface area contributed by atoms with E-state index in [1.807, 2.05) is 25.1 Å². The minimum absolute atomic E-state index is 0.376. The van der Waals surface area contributed by atoms with Crippen molar-refractivity contribution in [2.45, 2.75) is 6.92 Å². The lowest BCUT2D eigenvalue weighted by atomic mass is 10.3. The first-order valence-corrected chi connectivity index (χ1v) is 10.5. The van der Waals surface area contributed by atoms with Crippen LogP contribution in [0.4, 0.5) is 5.69 Å². The number of anilines is 1. The second-order valence-corrected chi connectivity index (χ2v) is 8.04. The van der Waals surface area contributed by atoms with Gasteiger partial charge in [-0.05, 0) is 37.3 Å². The molecule has 158 valence electrons. The highest BCUT2D eigenvalue weighted by Gasteiger charge is 2.20. The molecule has 0 radical (unpaired) electrons. The Labute approximate surface area is 187 Å². The van der Waals surface area contributed by atoms with Gasteiger partial charge in [0.25, 0.3) is 5.91 Å². The lowest BCUT2D eigenvalue weighted by Crippen LogP contribution is -2.20. The van der Waals surface area contributed by atoms with Gasteiger partial charge in [-0.3, -0.25) is 4.79 Å². The van der Waals surface area contributed by atoms with Crippen LogP contribution in [0.2, 0.25) is 5.02 Å². The van der Waals surface area contributed by atoms with E-state index in [0.29, 0.717) is 21.3 Å². The number of thiophene rings is 1. The molecule has 0 aliphatic heterocycles. The summed E-state index contributed by atoms with van der Waals surface area (Å²) >= 11 is 7.54. The molecule has 0 atom stereocenters. The SMILES string of the molecule is COc1ccccc1NC(=O)COC(=O)c1cc2c(C)nn(-c3ccccc3Cl)c2s1. The molecule has 0 saturated carbocycles. The third-order valence-corrected chi connectivity index (χ3v) is 5.95. The number of hydrogen-bond donors (Lipinski definition) is 1. The number of amides is 1. The van der Waals surface area contributed by atoms with E-state index in [4.69, 9.17) is 21.1 Å². The lowest BCUT2D eigenvalue weighted by molar-refractivity contribution is -0.119. The summed E-state index contributed by atoms with van der Waals surface area (Å²) in [5, 5.41) is 8.58. The molecule has 4 rings (SSSR count). The highest BCUT2D eigenvalue weighted by Crippen LogP contribution is 2.32. The van der Waals surface area contributed by atoms with Gasteiger partial charge < -0.3 is 14.8 Å². The summed E-state index contributed by atoms with van der Waals surface area (Å²) in [6, 6.07) is 16.1. The summed E-state index contributed by atoms with van der Waals surface area (Å²) in [5.74, 6) is -0.523. The minimum atomic E-state index is -0.582. The number of halogens is 1. The molecule has 1 N–H and O–H groups in total. The van der Waals surface area contributed by atoms with Gasteiger partial charge >= 0.3 is 5.97 Å². The van der Waals surface area contributed by atoms with Gasteiger partial charge in [-0.15, -0.1) is 11.3 Å². The van der Waals surface area contributed by atoms with E-state index in [1.54, 1.807) is 41.1 Å². The Balaban J connectivity index is 1.49. The number of carbonyl (C=O) groups excluding carboxylic acids is 2. The van der Waals surface area contributed by atoms with E-state index in [-0.39, 0.29) is 0 Å². The second-order valence-electron chi connectivity index (χ2n) is 6.60. The molecule has 7 nitrogen and oxygen atoms in total. The summed E-state index contributed by atoms with van der Waals surface area (Å²) in [7, 11) is 1.51. The quantitative estimate of drug-likeness (QED) is 0.420. The molecule has 4 aromatic rings. The van der Waals surface area contributed by atoms with Crippen LogP contribution < -0.4 is 10.1 Å². The van der Waals surface area contributed by atoms with Gasteiger partial charge in [-0.25, -0.2) is 9.48 Å². The van der Waals surface area contributed by atoms with Crippen LogP contribution in [-0.4, -0.2) is 35.4 Å². The van der Waals surface area contributed by atoms with Gasteiger partial charge in [-0.2, -0.15) is 5.10 Å². The highest BCUT2D eigenvalue weighted by molar-refractivity contribution is 7.20. The standard InChI is InChI=1S/C22H18ClN3O4S/c1-13-14-11-19(31-21(14)26(25-13)17-9-5-3-7-15(17)23)22(28)30-12-20(27)24-16-8-4-6-10-18(16)29-2/h3-11H,12H2,1-2H3,(H,24,27). The van der Waals surface area contributed by atoms with Crippen molar-refractivity contribution in [1.82, 2.24) is 9.78 Å². The zero-order valence-corrected chi connectivity index (χ0v) is 18.3. The predicted molar refractivity (Wildman–Crippen MR) is 121 cm³/mol. The minimum Gasteiger partial charge on any atom is -0.495 e. The molecule has 0 fully saturated rings. The molecule has 0 saturated heterocycles. The van der Waals surface area contributed by atoms with E-state index in [2.05, 4.69) is 10.4 Å². The first-order chi connectivity index (χ1) is 15.0. The maximum absolute atomic E-state index is 12.5. The summed E-state index contributed by atoms with van der Waals surface area (Å²) < 4.78 is 12.1. The third-order valence-electron chi connectivity index (χ3n) is 4.54. The molecule has 31 heavy (non-hydrogen) atoms. The Morgan fingerprint density at radius 3 is 2.68 bits per heavy atom. The second kappa shape index (κ2) is 8.79. The number of aromatic nitrogens is 2. The molecule has 9 heteroatoms. The highest BCUT2D eigenvalue weighted by atomic mass is 35.5. The van der Waals surface area contributed by atoms with Gasteiger partial charge in [0, 0.05) is 5.39 Å². The normalized spacial score (nSPS) is 10.8. The van der Waals surface area contributed by atoms with Crippen molar-refractivity contribution in [2.75, 3.05) is 19.0 Å². The van der Waals surface area contributed by atoms with Gasteiger partial charge in [-0.1, -0.05) is 35.9 Å². The van der Waals surface area contributed by atoms with Crippen LogP contribution in [0.15, 0.2) is 54.6 Å². The molecule has 2 aromatic heterocycles. The number of ether oxygens (including phenoxy) is 2. The summed E-state index contributed by atoms with van der Waals surface area (Å²) in [6.07, 6.45) is 0. The van der Waals surface area contributed by atoms with E-state index in [9.17, 15) is 9.59 Å². The molecule has 0 spiro atoms. The Bertz CT molecular complexity index is 1280. The number of carbonyl (C=O) groups is 2. The topological polar surface area (TPSA) is 82.4 Å². The monoisotopic (exact) mass is 455 g/mol. The van der Waals surface area contributed by atoms with Gasteiger partial charge in [0.1, 0.15) is 15.5 Å². The van der Waals surface area contributed by atoms with Crippen LogP contribution in [0, 0.1) is 6.92 Å². The Hall–Kier alpha value is -3.36. The fraction of sp³-hybridized carbons (Fsp3) is 0.136. The number of rotatable bonds is 6. The van der Waals surface area contributed by atoms with Crippen LogP contribution >= 0.6 is 22.9 Å². The third kappa shape index (κ3) is 4.26. The smallest absolute Gasteiger partial charge is 0.348 e. The molecule has 0 aliphatic carbocycles. The number of para-hydroxylation sites is 3. The average molecular weight is 456 g/mol. The molecule has 0 unspecified atom stereocenters. The van der Waals surface area contributed by atoms with Gasteiger partial charge in [0.05, 0.1) is 29.2 Å². The van der Waals surface area contributed by atoms with Crippen molar-refractivity contribution < 1.29 is 19.1 Å². The molecule has 0 bridgehead atoms.